The molecule has 2 aromatic rings. The van der Waals surface area contributed by atoms with Crippen LogP contribution in [0.15, 0.2) is 40.3 Å². The smallest absolute Gasteiger partial charge is 0.261 e. The lowest BCUT2D eigenvalue weighted by molar-refractivity contribution is -0.121. The highest BCUT2D eigenvalue weighted by molar-refractivity contribution is 7.89. The molecule has 1 fully saturated rings. The number of hydrazone groups is 1. The SMILES string of the molecule is C/C(=N\NC(=O)Cn1nc(C)cc1C)c1ccc(S(=O)(=O)N2CCOCC2)cc1. The van der Waals surface area contributed by atoms with Crippen LogP contribution in [0.4, 0.5) is 0 Å². The summed E-state index contributed by atoms with van der Waals surface area (Å²) in [6.45, 7) is 7.09. The minimum absolute atomic E-state index is 0.0766. The first-order chi connectivity index (χ1) is 13.8. The van der Waals surface area contributed by atoms with Crippen LogP contribution in [-0.2, 0) is 26.1 Å². The number of sulfonamides is 1. The van der Waals surface area contributed by atoms with E-state index in [0.717, 1.165) is 17.0 Å². The number of hydrogen-bond donors (Lipinski definition) is 1. The van der Waals surface area contributed by atoms with Gasteiger partial charge in [0.25, 0.3) is 5.91 Å². The van der Waals surface area contributed by atoms with Crippen molar-refractivity contribution in [2.24, 2.45) is 5.10 Å². The highest BCUT2D eigenvalue weighted by Gasteiger charge is 2.26. The average molecular weight is 420 g/mol. The Kier molecular flexibility index (Phi) is 6.46. The standard InChI is InChI=1S/C19H25N5O4S/c1-14-12-15(2)24(22-14)13-19(25)21-20-16(3)17-4-6-18(7-5-17)29(26,27)23-8-10-28-11-9-23/h4-7,12H,8-11,13H2,1-3H3,(H,21,25)/b20-16+. The van der Waals surface area contributed by atoms with Gasteiger partial charge in [0, 0.05) is 18.8 Å². The van der Waals surface area contributed by atoms with Crippen molar-refractivity contribution in [3.63, 3.8) is 0 Å². The molecule has 10 heteroatoms. The Morgan fingerprint density at radius 2 is 1.86 bits per heavy atom. The Hall–Kier alpha value is -2.56. The minimum atomic E-state index is -3.53. The Labute approximate surface area is 170 Å². The molecule has 156 valence electrons. The quantitative estimate of drug-likeness (QED) is 0.557. The number of amides is 1. The van der Waals surface area contributed by atoms with Crippen molar-refractivity contribution in [2.45, 2.75) is 32.2 Å². The molecule has 1 aliphatic heterocycles. The summed E-state index contributed by atoms with van der Waals surface area (Å²) in [5.41, 5.74) is 5.55. The number of morpholine rings is 1. The minimum Gasteiger partial charge on any atom is -0.379 e. The summed E-state index contributed by atoms with van der Waals surface area (Å²) in [6, 6.07) is 8.36. The van der Waals surface area contributed by atoms with Gasteiger partial charge in [0.1, 0.15) is 6.54 Å². The molecule has 0 spiro atoms. The second kappa shape index (κ2) is 8.85. The highest BCUT2D eigenvalue weighted by atomic mass is 32.2. The number of hydrogen-bond acceptors (Lipinski definition) is 6. The van der Waals surface area contributed by atoms with Crippen LogP contribution in [0.5, 0.6) is 0 Å². The van der Waals surface area contributed by atoms with Crippen molar-refractivity contribution in [1.82, 2.24) is 19.5 Å². The molecule has 1 aromatic carbocycles. The summed E-state index contributed by atoms with van der Waals surface area (Å²) >= 11 is 0. The fourth-order valence-corrected chi connectivity index (χ4v) is 4.43. The van der Waals surface area contributed by atoms with Crippen LogP contribution in [0, 0.1) is 13.8 Å². The van der Waals surface area contributed by atoms with E-state index < -0.39 is 10.0 Å². The molecule has 1 N–H and O–H groups in total. The topological polar surface area (TPSA) is 106 Å². The molecule has 1 aromatic heterocycles. The Morgan fingerprint density at radius 3 is 2.45 bits per heavy atom. The molecule has 1 amide bonds. The molecule has 2 heterocycles. The monoisotopic (exact) mass is 419 g/mol. The van der Waals surface area contributed by atoms with Gasteiger partial charge in [-0.05, 0) is 44.5 Å². The fraction of sp³-hybridized carbons (Fsp3) is 0.421. The van der Waals surface area contributed by atoms with Gasteiger partial charge in [-0.2, -0.15) is 14.5 Å². The van der Waals surface area contributed by atoms with Crippen LogP contribution in [0.25, 0.3) is 0 Å². The molecule has 29 heavy (non-hydrogen) atoms. The summed E-state index contributed by atoms with van der Waals surface area (Å²) in [5, 5.41) is 8.35. The Balaban J connectivity index is 1.64. The predicted molar refractivity (Wildman–Crippen MR) is 108 cm³/mol. The number of nitrogens with one attached hydrogen (secondary N) is 1. The van der Waals surface area contributed by atoms with Crippen LogP contribution in [0.1, 0.15) is 23.9 Å². The van der Waals surface area contributed by atoms with Gasteiger partial charge in [-0.15, -0.1) is 0 Å². The van der Waals surface area contributed by atoms with Crippen LogP contribution >= 0.6 is 0 Å². The Bertz CT molecular complexity index is 1010. The van der Waals surface area contributed by atoms with Crippen LogP contribution in [-0.4, -0.2) is 60.4 Å². The molecule has 0 atom stereocenters. The maximum Gasteiger partial charge on any atom is 0.261 e. The van der Waals surface area contributed by atoms with E-state index in [9.17, 15) is 13.2 Å². The maximum absolute atomic E-state index is 12.7. The van der Waals surface area contributed by atoms with Gasteiger partial charge >= 0.3 is 0 Å². The summed E-state index contributed by atoms with van der Waals surface area (Å²) in [5.74, 6) is -0.290. The third kappa shape index (κ3) is 5.08. The predicted octanol–water partition coefficient (Wildman–Crippen LogP) is 1.06. The van der Waals surface area contributed by atoms with E-state index >= 15 is 0 Å². The summed E-state index contributed by atoms with van der Waals surface area (Å²) < 4.78 is 33.6. The van der Waals surface area contributed by atoms with E-state index in [0.29, 0.717) is 32.0 Å². The molecular formula is C19H25N5O4S. The number of benzene rings is 1. The normalized spacial score (nSPS) is 16.0. The van der Waals surface area contributed by atoms with Gasteiger partial charge in [0.15, 0.2) is 0 Å². The molecule has 3 rings (SSSR count). The van der Waals surface area contributed by atoms with Crippen molar-refractivity contribution in [2.75, 3.05) is 26.3 Å². The lowest BCUT2D eigenvalue weighted by Gasteiger charge is -2.26. The van der Waals surface area contributed by atoms with Gasteiger partial charge in [-0.25, -0.2) is 13.8 Å². The van der Waals surface area contributed by atoms with Crippen molar-refractivity contribution < 1.29 is 17.9 Å². The zero-order valence-corrected chi connectivity index (χ0v) is 17.6. The number of carbonyl (C=O) groups is 1. The molecule has 0 bridgehead atoms. The number of carbonyl (C=O) groups excluding carboxylic acids is 1. The number of ether oxygens (including phenoxy) is 1. The van der Waals surface area contributed by atoms with Crippen molar-refractivity contribution >= 4 is 21.6 Å². The van der Waals surface area contributed by atoms with Crippen molar-refractivity contribution in [3.8, 4) is 0 Å². The molecule has 0 radical (unpaired) electrons. The maximum atomic E-state index is 12.7. The lowest BCUT2D eigenvalue weighted by Crippen LogP contribution is -2.40. The number of nitrogens with zero attached hydrogens (tertiary/aromatic N) is 4. The first-order valence-electron chi connectivity index (χ1n) is 9.30. The van der Waals surface area contributed by atoms with Gasteiger partial charge < -0.3 is 4.74 Å². The second-order valence-electron chi connectivity index (χ2n) is 6.86. The average Bonchev–Trinajstić information content (AvgIpc) is 3.03. The lowest BCUT2D eigenvalue weighted by atomic mass is 10.1. The zero-order chi connectivity index (χ0) is 21.0. The van der Waals surface area contributed by atoms with Crippen LogP contribution < -0.4 is 5.43 Å². The largest absolute Gasteiger partial charge is 0.379 e. The number of aryl methyl sites for hydroxylation is 2. The number of aromatic nitrogens is 2. The molecule has 1 aliphatic rings. The van der Waals surface area contributed by atoms with Crippen LogP contribution in [0.3, 0.4) is 0 Å². The fourth-order valence-electron chi connectivity index (χ4n) is 3.02. The van der Waals surface area contributed by atoms with E-state index in [2.05, 4.69) is 15.6 Å². The molecular weight excluding hydrogens is 394 g/mol. The van der Waals surface area contributed by atoms with E-state index in [1.165, 1.54) is 4.31 Å². The summed E-state index contributed by atoms with van der Waals surface area (Å²) in [7, 11) is -3.53. The van der Waals surface area contributed by atoms with Crippen molar-refractivity contribution in [1.29, 1.82) is 0 Å². The summed E-state index contributed by atoms with van der Waals surface area (Å²) in [4.78, 5) is 12.3. The number of rotatable bonds is 6. The van der Waals surface area contributed by atoms with Gasteiger partial charge in [-0.3, -0.25) is 9.48 Å². The van der Waals surface area contributed by atoms with E-state index in [4.69, 9.17) is 4.74 Å². The highest BCUT2D eigenvalue weighted by Crippen LogP contribution is 2.18. The van der Waals surface area contributed by atoms with Gasteiger partial charge in [0.2, 0.25) is 10.0 Å². The Morgan fingerprint density at radius 1 is 1.21 bits per heavy atom. The van der Waals surface area contributed by atoms with E-state index in [-0.39, 0.29) is 17.3 Å². The first kappa shape index (κ1) is 21.2. The first-order valence-corrected chi connectivity index (χ1v) is 10.7. The van der Waals surface area contributed by atoms with E-state index in [1.807, 2.05) is 19.9 Å². The molecule has 0 aliphatic carbocycles. The van der Waals surface area contributed by atoms with Crippen molar-refractivity contribution in [3.05, 3.63) is 47.3 Å². The van der Waals surface area contributed by atoms with Gasteiger partial charge in [0.05, 0.1) is 29.5 Å². The third-order valence-corrected chi connectivity index (χ3v) is 6.54. The molecule has 0 saturated carbocycles. The second-order valence-corrected chi connectivity index (χ2v) is 8.80. The molecule has 1 saturated heterocycles. The summed E-state index contributed by atoms with van der Waals surface area (Å²) in [6.07, 6.45) is 0. The van der Waals surface area contributed by atoms with E-state index in [1.54, 1.807) is 35.9 Å². The molecule has 9 nitrogen and oxygen atoms in total. The van der Waals surface area contributed by atoms with Crippen LogP contribution in [0.2, 0.25) is 0 Å². The zero-order valence-electron chi connectivity index (χ0n) is 16.8. The van der Waals surface area contributed by atoms with Gasteiger partial charge in [-0.1, -0.05) is 12.1 Å². The molecule has 0 unspecified atom stereocenters. The third-order valence-electron chi connectivity index (χ3n) is 4.62.